The molecule has 0 spiro atoms. The highest BCUT2D eigenvalue weighted by atomic mass is 35.5. The SMILES string of the molecule is CCOC(=O)C(C)CNc1cc(C)ccc1Cl. The zero-order chi connectivity index (χ0) is 12.8. The summed E-state index contributed by atoms with van der Waals surface area (Å²) in [4.78, 5) is 11.4. The van der Waals surface area contributed by atoms with E-state index in [0.717, 1.165) is 11.3 Å². The van der Waals surface area contributed by atoms with Gasteiger partial charge in [-0.15, -0.1) is 0 Å². The fourth-order valence-electron chi connectivity index (χ4n) is 1.41. The maximum Gasteiger partial charge on any atom is 0.310 e. The zero-order valence-corrected chi connectivity index (χ0v) is 11.2. The van der Waals surface area contributed by atoms with Gasteiger partial charge in [0, 0.05) is 6.54 Å². The molecule has 0 saturated heterocycles. The van der Waals surface area contributed by atoms with Crippen molar-refractivity contribution in [3.8, 4) is 0 Å². The number of carbonyl (C=O) groups excluding carboxylic acids is 1. The molecule has 1 rings (SSSR count). The molecule has 1 N–H and O–H groups in total. The van der Waals surface area contributed by atoms with E-state index in [4.69, 9.17) is 16.3 Å². The van der Waals surface area contributed by atoms with Crippen LogP contribution in [0, 0.1) is 12.8 Å². The summed E-state index contributed by atoms with van der Waals surface area (Å²) in [5.41, 5.74) is 1.98. The molecule has 94 valence electrons. The number of hydrogen-bond donors (Lipinski definition) is 1. The van der Waals surface area contributed by atoms with Gasteiger partial charge in [0.2, 0.25) is 0 Å². The van der Waals surface area contributed by atoms with Gasteiger partial charge < -0.3 is 10.1 Å². The average Bonchev–Trinajstić information content (AvgIpc) is 2.30. The highest BCUT2D eigenvalue weighted by molar-refractivity contribution is 6.33. The van der Waals surface area contributed by atoms with Gasteiger partial charge in [0.25, 0.3) is 0 Å². The van der Waals surface area contributed by atoms with Crippen LogP contribution in [-0.4, -0.2) is 19.1 Å². The van der Waals surface area contributed by atoms with Crippen LogP contribution in [-0.2, 0) is 9.53 Å². The third-order valence-electron chi connectivity index (χ3n) is 2.41. The second-order valence-corrected chi connectivity index (χ2v) is 4.42. The lowest BCUT2D eigenvalue weighted by Crippen LogP contribution is -2.22. The molecule has 1 aromatic carbocycles. The monoisotopic (exact) mass is 255 g/mol. The predicted molar refractivity (Wildman–Crippen MR) is 70.5 cm³/mol. The van der Waals surface area contributed by atoms with Gasteiger partial charge >= 0.3 is 5.97 Å². The number of ether oxygens (including phenoxy) is 1. The van der Waals surface area contributed by atoms with Gasteiger partial charge in [0.05, 0.1) is 23.2 Å². The summed E-state index contributed by atoms with van der Waals surface area (Å²) in [5, 5.41) is 3.82. The van der Waals surface area contributed by atoms with Crippen molar-refractivity contribution in [3.63, 3.8) is 0 Å². The Morgan fingerprint density at radius 3 is 2.88 bits per heavy atom. The first-order chi connectivity index (χ1) is 8.04. The summed E-state index contributed by atoms with van der Waals surface area (Å²) >= 11 is 6.04. The van der Waals surface area contributed by atoms with Crippen molar-refractivity contribution in [1.82, 2.24) is 0 Å². The smallest absolute Gasteiger partial charge is 0.310 e. The Labute approximate surface area is 107 Å². The minimum atomic E-state index is -0.191. The molecule has 0 bridgehead atoms. The quantitative estimate of drug-likeness (QED) is 0.821. The van der Waals surface area contributed by atoms with Crippen molar-refractivity contribution >= 4 is 23.3 Å². The van der Waals surface area contributed by atoms with Crippen LogP contribution < -0.4 is 5.32 Å². The van der Waals surface area contributed by atoms with Crippen molar-refractivity contribution in [3.05, 3.63) is 28.8 Å². The lowest BCUT2D eigenvalue weighted by molar-refractivity contribution is -0.146. The number of carbonyl (C=O) groups is 1. The first-order valence-electron chi connectivity index (χ1n) is 5.71. The van der Waals surface area contributed by atoms with Crippen molar-refractivity contribution in [2.24, 2.45) is 5.92 Å². The molecule has 0 aliphatic heterocycles. The Balaban J connectivity index is 2.55. The molecule has 1 atom stereocenters. The van der Waals surface area contributed by atoms with Crippen molar-refractivity contribution in [2.45, 2.75) is 20.8 Å². The molecule has 0 aliphatic rings. The van der Waals surface area contributed by atoms with Crippen molar-refractivity contribution < 1.29 is 9.53 Å². The first kappa shape index (κ1) is 13.8. The van der Waals surface area contributed by atoms with E-state index in [-0.39, 0.29) is 11.9 Å². The Morgan fingerprint density at radius 1 is 1.53 bits per heavy atom. The Kier molecular flexibility index (Phi) is 5.29. The summed E-state index contributed by atoms with van der Waals surface area (Å²) < 4.78 is 4.93. The first-order valence-corrected chi connectivity index (χ1v) is 6.09. The molecule has 0 fully saturated rings. The molecule has 4 heteroatoms. The fraction of sp³-hybridized carbons (Fsp3) is 0.462. The van der Waals surface area contributed by atoms with Crippen LogP contribution in [0.2, 0.25) is 5.02 Å². The Bertz CT molecular complexity index is 393. The maximum atomic E-state index is 11.4. The van der Waals surface area contributed by atoms with E-state index >= 15 is 0 Å². The molecule has 1 aromatic rings. The normalized spacial score (nSPS) is 12.0. The Morgan fingerprint density at radius 2 is 2.24 bits per heavy atom. The summed E-state index contributed by atoms with van der Waals surface area (Å²) in [5.74, 6) is -0.379. The second-order valence-electron chi connectivity index (χ2n) is 4.02. The minimum Gasteiger partial charge on any atom is -0.466 e. The number of anilines is 1. The topological polar surface area (TPSA) is 38.3 Å². The van der Waals surface area contributed by atoms with Gasteiger partial charge in [-0.05, 0) is 31.5 Å². The molecule has 0 amide bonds. The van der Waals surface area contributed by atoms with E-state index in [1.807, 2.05) is 32.0 Å². The molecule has 3 nitrogen and oxygen atoms in total. The number of rotatable bonds is 5. The zero-order valence-electron chi connectivity index (χ0n) is 10.4. The average molecular weight is 256 g/mol. The van der Waals surface area contributed by atoms with Crippen LogP contribution in [0.1, 0.15) is 19.4 Å². The van der Waals surface area contributed by atoms with E-state index in [9.17, 15) is 4.79 Å². The largest absolute Gasteiger partial charge is 0.466 e. The molecule has 0 aromatic heterocycles. The van der Waals surface area contributed by atoms with Crippen molar-refractivity contribution in [2.75, 3.05) is 18.5 Å². The van der Waals surface area contributed by atoms with Gasteiger partial charge in [0.1, 0.15) is 0 Å². The van der Waals surface area contributed by atoms with Crippen LogP contribution in [0.5, 0.6) is 0 Å². The molecule has 0 heterocycles. The van der Waals surface area contributed by atoms with Gasteiger partial charge in [-0.3, -0.25) is 4.79 Å². The third-order valence-corrected chi connectivity index (χ3v) is 2.74. The molecule has 0 aliphatic carbocycles. The maximum absolute atomic E-state index is 11.4. The molecular weight excluding hydrogens is 238 g/mol. The lowest BCUT2D eigenvalue weighted by Gasteiger charge is -2.13. The number of aryl methyl sites for hydroxylation is 1. The molecule has 0 radical (unpaired) electrons. The van der Waals surface area contributed by atoms with Gasteiger partial charge in [-0.2, -0.15) is 0 Å². The van der Waals surface area contributed by atoms with Gasteiger partial charge in [-0.25, -0.2) is 0 Å². The van der Waals surface area contributed by atoms with E-state index in [0.29, 0.717) is 18.2 Å². The van der Waals surface area contributed by atoms with Gasteiger partial charge in [-0.1, -0.05) is 24.6 Å². The second kappa shape index (κ2) is 6.50. The van der Waals surface area contributed by atoms with Crippen LogP contribution in [0.15, 0.2) is 18.2 Å². The lowest BCUT2D eigenvalue weighted by atomic mass is 10.1. The minimum absolute atomic E-state index is 0.188. The van der Waals surface area contributed by atoms with Crippen molar-refractivity contribution in [1.29, 1.82) is 0 Å². The van der Waals surface area contributed by atoms with E-state index in [1.54, 1.807) is 6.92 Å². The number of esters is 1. The Hall–Kier alpha value is -1.22. The number of hydrogen-bond acceptors (Lipinski definition) is 3. The summed E-state index contributed by atoms with van der Waals surface area (Å²) in [6.45, 7) is 6.55. The molecular formula is C13H18ClNO2. The van der Waals surface area contributed by atoms with E-state index < -0.39 is 0 Å². The molecule has 17 heavy (non-hydrogen) atoms. The summed E-state index contributed by atoms with van der Waals surface area (Å²) in [7, 11) is 0. The molecule has 0 saturated carbocycles. The standard InChI is InChI=1S/C13H18ClNO2/c1-4-17-13(16)10(3)8-15-12-7-9(2)5-6-11(12)14/h5-7,10,15H,4,8H2,1-3H3. The molecule has 1 unspecified atom stereocenters. The number of nitrogens with one attached hydrogen (secondary N) is 1. The van der Waals surface area contributed by atoms with Crippen LogP contribution in [0.4, 0.5) is 5.69 Å². The number of halogens is 1. The highest BCUT2D eigenvalue weighted by Crippen LogP contribution is 2.22. The van der Waals surface area contributed by atoms with E-state index in [1.165, 1.54) is 0 Å². The summed E-state index contributed by atoms with van der Waals surface area (Å²) in [6.07, 6.45) is 0. The predicted octanol–water partition coefficient (Wildman–Crippen LogP) is 3.26. The summed E-state index contributed by atoms with van der Waals surface area (Å²) in [6, 6.07) is 5.75. The van der Waals surface area contributed by atoms with Crippen LogP contribution >= 0.6 is 11.6 Å². The van der Waals surface area contributed by atoms with Crippen LogP contribution in [0.3, 0.4) is 0 Å². The van der Waals surface area contributed by atoms with E-state index in [2.05, 4.69) is 5.32 Å². The van der Waals surface area contributed by atoms with Gasteiger partial charge in [0.15, 0.2) is 0 Å². The van der Waals surface area contributed by atoms with Crippen LogP contribution in [0.25, 0.3) is 0 Å². The fourth-order valence-corrected chi connectivity index (χ4v) is 1.59. The third kappa shape index (κ3) is 4.27. The number of benzene rings is 1. The highest BCUT2D eigenvalue weighted by Gasteiger charge is 2.13.